The van der Waals surface area contributed by atoms with Crippen molar-refractivity contribution in [1.29, 1.82) is 0 Å². The van der Waals surface area contributed by atoms with Crippen molar-refractivity contribution in [3.05, 3.63) is 78.4 Å². The molecule has 1 heterocycles. The summed E-state index contributed by atoms with van der Waals surface area (Å²) in [6.45, 7) is 3.71. The predicted octanol–water partition coefficient (Wildman–Crippen LogP) is 4.56. The van der Waals surface area contributed by atoms with E-state index < -0.39 is 10.0 Å². The van der Waals surface area contributed by atoms with Crippen LogP contribution in [0.4, 0.5) is 5.69 Å². The van der Waals surface area contributed by atoms with Crippen LogP contribution in [0.2, 0.25) is 0 Å². The van der Waals surface area contributed by atoms with Crippen molar-refractivity contribution in [1.82, 2.24) is 14.7 Å². The lowest BCUT2D eigenvalue weighted by molar-refractivity contribution is 0.102. The van der Waals surface area contributed by atoms with Gasteiger partial charge in [-0.2, -0.15) is 0 Å². The summed E-state index contributed by atoms with van der Waals surface area (Å²) in [6, 6.07) is 20.9. The highest BCUT2D eigenvalue weighted by Gasteiger charge is 2.17. The fourth-order valence-electron chi connectivity index (χ4n) is 3.21. The minimum atomic E-state index is -3.60. The molecule has 0 aliphatic heterocycles. The van der Waals surface area contributed by atoms with E-state index in [1.165, 1.54) is 24.3 Å². The van der Waals surface area contributed by atoms with Crippen LogP contribution in [-0.2, 0) is 10.0 Å². The van der Waals surface area contributed by atoms with Gasteiger partial charge < -0.3 is 10.3 Å². The second-order valence-corrected chi connectivity index (χ2v) is 9.30. The number of nitrogens with one attached hydrogen (secondary N) is 3. The molecule has 7 nitrogen and oxygen atoms in total. The lowest BCUT2D eigenvalue weighted by Gasteiger charge is -2.12. The quantitative estimate of drug-likeness (QED) is 0.385. The molecule has 0 aliphatic carbocycles. The highest BCUT2D eigenvalue weighted by atomic mass is 32.2. The van der Waals surface area contributed by atoms with Crippen LogP contribution in [0.25, 0.3) is 22.4 Å². The van der Waals surface area contributed by atoms with Crippen LogP contribution >= 0.6 is 0 Å². The number of aromatic amines is 1. The van der Waals surface area contributed by atoms with Gasteiger partial charge in [0.25, 0.3) is 5.91 Å². The number of hydrogen-bond acceptors (Lipinski definition) is 4. The largest absolute Gasteiger partial charge is 0.338 e. The number of sulfonamides is 1. The number of carbonyl (C=O) groups excluding carboxylic acids is 1. The molecule has 1 atom stereocenters. The molecule has 0 aliphatic rings. The Labute approximate surface area is 187 Å². The number of H-pyrrole nitrogens is 1. The maximum absolute atomic E-state index is 12.6. The van der Waals surface area contributed by atoms with E-state index in [1.807, 2.05) is 43.3 Å². The maximum Gasteiger partial charge on any atom is 0.255 e. The average Bonchev–Trinajstić information content (AvgIpc) is 3.23. The Morgan fingerprint density at radius 3 is 2.34 bits per heavy atom. The lowest BCUT2D eigenvalue weighted by atomic mass is 10.1. The molecule has 0 saturated carbocycles. The van der Waals surface area contributed by atoms with Crippen molar-refractivity contribution in [3.63, 3.8) is 0 Å². The van der Waals surface area contributed by atoms with Gasteiger partial charge in [-0.05, 0) is 74.0 Å². The van der Waals surface area contributed by atoms with Crippen LogP contribution in [0.1, 0.15) is 30.6 Å². The van der Waals surface area contributed by atoms with Crippen LogP contribution in [0.15, 0.2) is 77.7 Å². The molecule has 4 rings (SSSR count). The van der Waals surface area contributed by atoms with E-state index in [9.17, 15) is 13.2 Å². The summed E-state index contributed by atoms with van der Waals surface area (Å²) < 4.78 is 27.3. The van der Waals surface area contributed by atoms with Crippen LogP contribution in [0.3, 0.4) is 0 Å². The van der Waals surface area contributed by atoms with Gasteiger partial charge in [0.2, 0.25) is 10.0 Å². The zero-order valence-corrected chi connectivity index (χ0v) is 18.6. The zero-order valence-electron chi connectivity index (χ0n) is 17.8. The lowest BCUT2D eigenvalue weighted by Crippen LogP contribution is -2.32. The van der Waals surface area contributed by atoms with Crippen LogP contribution < -0.4 is 10.0 Å². The Bertz CT molecular complexity index is 1310. The third-order valence-electron chi connectivity index (χ3n) is 5.20. The van der Waals surface area contributed by atoms with Gasteiger partial charge in [0.05, 0.1) is 15.9 Å². The summed E-state index contributed by atoms with van der Waals surface area (Å²) in [6.07, 6.45) is 0.689. The van der Waals surface area contributed by atoms with E-state index in [0.717, 1.165) is 22.4 Å². The van der Waals surface area contributed by atoms with Crippen molar-refractivity contribution in [3.8, 4) is 11.4 Å². The first-order valence-electron chi connectivity index (χ1n) is 10.3. The van der Waals surface area contributed by atoms with E-state index >= 15 is 0 Å². The van der Waals surface area contributed by atoms with Gasteiger partial charge in [0, 0.05) is 22.9 Å². The first-order chi connectivity index (χ1) is 15.4. The Balaban J connectivity index is 1.44. The van der Waals surface area contributed by atoms with E-state index in [4.69, 9.17) is 0 Å². The molecule has 1 aromatic heterocycles. The highest BCUT2D eigenvalue weighted by Crippen LogP contribution is 2.22. The Kier molecular flexibility index (Phi) is 6.07. The summed E-state index contributed by atoms with van der Waals surface area (Å²) in [5, 5.41) is 2.83. The fourth-order valence-corrected chi connectivity index (χ4v) is 4.53. The minimum absolute atomic E-state index is 0.129. The predicted molar refractivity (Wildman–Crippen MR) is 126 cm³/mol. The number of amides is 1. The first-order valence-corrected chi connectivity index (χ1v) is 11.8. The molecule has 0 bridgehead atoms. The Morgan fingerprint density at radius 1 is 1.00 bits per heavy atom. The molecule has 164 valence electrons. The molecule has 0 radical (unpaired) electrons. The molecule has 32 heavy (non-hydrogen) atoms. The van der Waals surface area contributed by atoms with Gasteiger partial charge in [-0.15, -0.1) is 0 Å². The second kappa shape index (κ2) is 8.94. The maximum atomic E-state index is 12.6. The van der Waals surface area contributed by atoms with E-state index in [0.29, 0.717) is 17.7 Å². The summed E-state index contributed by atoms with van der Waals surface area (Å²) in [7, 11) is -3.60. The van der Waals surface area contributed by atoms with E-state index in [1.54, 1.807) is 19.1 Å². The summed E-state index contributed by atoms with van der Waals surface area (Å²) in [5.74, 6) is 0.437. The van der Waals surface area contributed by atoms with Crippen LogP contribution in [0.5, 0.6) is 0 Å². The Hall–Kier alpha value is -3.49. The van der Waals surface area contributed by atoms with Crippen LogP contribution in [-0.4, -0.2) is 30.3 Å². The van der Waals surface area contributed by atoms with E-state index in [2.05, 4.69) is 20.0 Å². The SMILES string of the molecule is CCC(C)NS(=O)(=O)c1ccc(C(=O)Nc2ccc(-c3nc4ccccc4[nH]3)cc2)cc1. The number of benzene rings is 3. The summed E-state index contributed by atoms with van der Waals surface area (Å²) in [4.78, 5) is 20.6. The Morgan fingerprint density at radius 2 is 1.69 bits per heavy atom. The third-order valence-corrected chi connectivity index (χ3v) is 6.81. The summed E-state index contributed by atoms with van der Waals surface area (Å²) >= 11 is 0. The number of para-hydroxylation sites is 2. The number of rotatable bonds is 7. The van der Waals surface area contributed by atoms with Crippen molar-refractivity contribution >= 4 is 32.7 Å². The molecule has 0 spiro atoms. The molecule has 3 N–H and O–H groups in total. The molecule has 3 aromatic carbocycles. The van der Waals surface area contributed by atoms with Gasteiger partial charge in [-0.3, -0.25) is 4.79 Å². The normalized spacial score (nSPS) is 12.6. The molecule has 8 heteroatoms. The minimum Gasteiger partial charge on any atom is -0.338 e. The number of carbonyl (C=O) groups is 1. The number of hydrogen-bond donors (Lipinski definition) is 3. The molecule has 0 fully saturated rings. The third kappa shape index (κ3) is 4.71. The van der Waals surface area contributed by atoms with Gasteiger partial charge in [-0.25, -0.2) is 18.1 Å². The first kappa shape index (κ1) is 21.7. The van der Waals surface area contributed by atoms with Gasteiger partial charge >= 0.3 is 0 Å². The molecule has 0 saturated heterocycles. The van der Waals surface area contributed by atoms with Crippen LogP contribution in [0, 0.1) is 0 Å². The number of imidazole rings is 1. The van der Waals surface area contributed by atoms with E-state index in [-0.39, 0.29) is 16.8 Å². The molecular formula is C24H24N4O3S. The van der Waals surface area contributed by atoms with Crippen molar-refractivity contribution < 1.29 is 13.2 Å². The smallest absolute Gasteiger partial charge is 0.255 e. The van der Waals surface area contributed by atoms with Crippen molar-refractivity contribution in [2.45, 2.75) is 31.2 Å². The number of aromatic nitrogens is 2. The topological polar surface area (TPSA) is 104 Å². The van der Waals surface area contributed by atoms with Gasteiger partial charge in [0.15, 0.2) is 0 Å². The molecule has 1 unspecified atom stereocenters. The standard InChI is InChI=1S/C24H24N4O3S/c1-3-16(2)28-32(30,31)20-14-10-18(11-15-20)24(29)25-19-12-8-17(9-13-19)23-26-21-6-4-5-7-22(21)27-23/h4-16,28H,3H2,1-2H3,(H,25,29)(H,26,27). The molecule has 4 aromatic rings. The van der Waals surface area contributed by atoms with Crippen molar-refractivity contribution in [2.75, 3.05) is 5.32 Å². The summed E-state index contributed by atoms with van der Waals surface area (Å²) in [5.41, 5.74) is 3.76. The highest BCUT2D eigenvalue weighted by molar-refractivity contribution is 7.89. The van der Waals surface area contributed by atoms with Gasteiger partial charge in [-0.1, -0.05) is 19.1 Å². The van der Waals surface area contributed by atoms with Crippen molar-refractivity contribution in [2.24, 2.45) is 0 Å². The molecular weight excluding hydrogens is 424 g/mol. The number of nitrogens with zero attached hydrogens (tertiary/aromatic N) is 1. The molecule has 1 amide bonds. The number of anilines is 1. The van der Waals surface area contributed by atoms with Gasteiger partial charge in [0.1, 0.15) is 5.82 Å². The monoisotopic (exact) mass is 448 g/mol. The second-order valence-electron chi connectivity index (χ2n) is 7.59. The fraction of sp³-hybridized carbons (Fsp3) is 0.167. The zero-order chi connectivity index (χ0) is 22.7. The number of fused-ring (bicyclic) bond motifs is 1. The average molecular weight is 449 g/mol.